The van der Waals surface area contributed by atoms with Crippen molar-refractivity contribution in [2.24, 2.45) is 0 Å². The van der Waals surface area contributed by atoms with Gasteiger partial charge in [-0.3, -0.25) is 0 Å². The van der Waals surface area contributed by atoms with Crippen molar-refractivity contribution in [2.45, 2.75) is 24.8 Å². The van der Waals surface area contributed by atoms with Gasteiger partial charge in [-0.15, -0.1) is 0 Å². The molecule has 0 saturated carbocycles. The molecule has 1 aromatic heterocycles. The number of anilines is 1. The van der Waals surface area contributed by atoms with Gasteiger partial charge in [-0.25, -0.2) is 13.4 Å². The van der Waals surface area contributed by atoms with E-state index in [0.29, 0.717) is 30.2 Å². The highest BCUT2D eigenvalue weighted by atomic mass is 32.2. The van der Waals surface area contributed by atoms with Crippen LogP contribution in [0.2, 0.25) is 0 Å². The molecule has 1 aliphatic heterocycles. The quantitative estimate of drug-likeness (QED) is 0.916. The number of nitrogens with zero attached hydrogens (tertiary/aromatic N) is 2. The Balaban J connectivity index is 1.91. The molecule has 3 rings (SSSR count). The Labute approximate surface area is 124 Å². The number of aromatic nitrogens is 1. The van der Waals surface area contributed by atoms with Crippen molar-refractivity contribution in [1.29, 1.82) is 0 Å². The molecular weight excluding hydrogens is 286 g/mol. The van der Waals surface area contributed by atoms with Gasteiger partial charge in [-0.2, -0.15) is 4.31 Å². The van der Waals surface area contributed by atoms with Gasteiger partial charge in [0.1, 0.15) is 5.82 Å². The third-order valence-electron chi connectivity index (χ3n) is 3.69. The Hall–Kier alpha value is -1.92. The molecule has 1 aromatic carbocycles. The molecule has 1 aliphatic rings. The van der Waals surface area contributed by atoms with Crippen LogP contribution in [0.5, 0.6) is 0 Å². The van der Waals surface area contributed by atoms with Crippen LogP contribution in [0.3, 0.4) is 0 Å². The fraction of sp³-hybridized carbons (Fsp3) is 0.267. The number of fused-ring (bicyclic) bond motifs is 1. The second-order valence-electron chi connectivity index (χ2n) is 5.24. The summed E-state index contributed by atoms with van der Waals surface area (Å²) in [6.45, 7) is 2.71. The lowest BCUT2D eigenvalue weighted by atomic mass is 10.1. The molecule has 0 spiro atoms. The smallest absolute Gasteiger partial charge is 0.243 e. The summed E-state index contributed by atoms with van der Waals surface area (Å²) in [7, 11) is -3.46. The molecule has 21 heavy (non-hydrogen) atoms. The van der Waals surface area contributed by atoms with Gasteiger partial charge in [0.05, 0.1) is 4.90 Å². The Bertz CT molecular complexity index is 770. The summed E-state index contributed by atoms with van der Waals surface area (Å²) in [5.74, 6) is 0.476. The number of aryl methyl sites for hydroxylation is 1. The molecule has 5 nitrogen and oxygen atoms in total. The zero-order valence-corrected chi connectivity index (χ0v) is 12.6. The number of rotatable bonds is 2. The van der Waals surface area contributed by atoms with Gasteiger partial charge in [0, 0.05) is 25.2 Å². The van der Waals surface area contributed by atoms with Crippen LogP contribution in [0.4, 0.5) is 5.82 Å². The minimum Gasteiger partial charge on any atom is -0.384 e. The topological polar surface area (TPSA) is 76.3 Å². The van der Waals surface area contributed by atoms with E-state index in [-0.39, 0.29) is 0 Å². The molecule has 2 aromatic rings. The molecule has 110 valence electrons. The third kappa shape index (κ3) is 2.64. The number of benzene rings is 1. The van der Waals surface area contributed by atoms with Crippen LogP contribution in [0.1, 0.15) is 16.8 Å². The van der Waals surface area contributed by atoms with Crippen LogP contribution in [0.25, 0.3) is 0 Å². The molecular formula is C15H17N3O2S. The average molecular weight is 303 g/mol. The average Bonchev–Trinajstić information content (AvgIpc) is 2.47. The molecule has 0 atom stereocenters. The second-order valence-corrected chi connectivity index (χ2v) is 7.18. The first-order chi connectivity index (χ1) is 9.96. The lowest BCUT2D eigenvalue weighted by molar-refractivity contribution is 0.388. The largest absolute Gasteiger partial charge is 0.384 e. The van der Waals surface area contributed by atoms with Crippen molar-refractivity contribution >= 4 is 15.8 Å². The number of nitrogen functional groups attached to an aromatic ring is 1. The number of pyridine rings is 1. The van der Waals surface area contributed by atoms with Crippen LogP contribution >= 0.6 is 0 Å². The highest BCUT2D eigenvalue weighted by Crippen LogP contribution is 2.24. The highest BCUT2D eigenvalue weighted by molar-refractivity contribution is 7.89. The minimum atomic E-state index is -3.46. The SMILES string of the molecule is Cc1ccc(S(=O)(=O)N2CCc3nc(N)ccc3C2)cc1. The molecule has 2 heterocycles. The zero-order valence-electron chi connectivity index (χ0n) is 11.8. The maximum Gasteiger partial charge on any atom is 0.243 e. The molecule has 0 saturated heterocycles. The molecule has 2 N–H and O–H groups in total. The predicted molar refractivity (Wildman–Crippen MR) is 81.1 cm³/mol. The van der Waals surface area contributed by atoms with Gasteiger partial charge < -0.3 is 5.73 Å². The molecule has 0 bridgehead atoms. The van der Waals surface area contributed by atoms with E-state index in [9.17, 15) is 8.42 Å². The summed E-state index contributed by atoms with van der Waals surface area (Å²) >= 11 is 0. The van der Waals surface area contributed by atoms with Crippen molar-refractivity contribution in [3.63, 3.8) is 0 Å². The van der Waals surface area contributed by atoms with Crippen LogP contribution in [0, 0.1) is 6.92 Å². The summed E-state index contributed by atoms with van der Waals surface area (Å²) in [6.07, 6.45) is 0.589. The van der Waals surface area contributed by atoms with Crippen molar-refractivity contribution in [1.82, 2.24) is 9.29 Å². The van der Waals surface area contributed by atoms with E-state index >= 15 is 0 Å². The number of nitrogens with two attached hydrogens (primary N) is 1. The van der Waals surface area contributed by atoms with Crippen molar-refractivity contribution in [2.75, 3.05) is 12.3 Å². The summed E-state index contributed by atoms with van der Waals surface area (Å²) in [4.78, 5) is 4.60. The van der Waals surface area contributed by atoms with Crippen LogP contribution in [-0.2, 0) is 23.0 Å². The first kappa shape index (κ1) is 14.0. The summed E-state index contributed by atoms with van der Waals surface area (Å²) in [5, 5.41) is 0. The Morgan fingerprint density at radius 1 is 1.14 bits per heavy atom. The zero-order chi connectivity index (χ0) is 15.0. The van der Waals surface area contributed by atoms with Gasteiger partial charge in [0.25, 0.3) is 0 Å². The second kappa shape index (κ2) is 5.13. The van der Waals surface area contributed by atoms with Gasteiger partial charge in [-0.1, -0.05) is 23.8 Å². The third-order valence-corrected chi connectivity index (χ3v) is 5.55. The Morgan fingerprint density at radius 3 is 2.57 bits per heavy atom. The fourth-order valence-corrected chi connectivity index (χ4v) is 3.89. The first-order valence-corrected chi connectivity index (χ1v) is 8.22. The van der Waals surface area contributed by atoms with Crippen LogP contribution in [0.15, 0.2) is 41.3 Å². The number of hydrogen-bond acceptors (Lipinski definition) is 4. The standard InChI is InChI=1S/C15H17N3O2S/c1-11-2-5-13(6-3-11)21(19,20)18-9-8-14-12(10-18)4-7-15(16)17-14/h2-7H,8-10H2,1H3,(H2,16,17). The molecule has 0 fully saturated rings. The van der Waals surface area contributed by atoms with Gasteiger partial charge >= 0.3 is 0 Å². The predicted octanol–water partition coefficient (Wildman–Crippen LogP) is 1.72. The summed E-state index contributed by atoms with van der Waals surface area (Å²) < 4.78 is 26.8. The lowest BCUT2D eigenvalue weighted by Crippen LogP contribution is -2.36. The monoisotopic (exact) mass is 303 g/mol. The maximum absolute atomic E-state index is 12.7. The van der Waals surface area contributed by atoms with Crippen molar-refractivity contribution < 1.29 is 8.42 Å². The summed E-state index contributed by atoms with van der Waals surface area (Å²) in [6, 6.07) is 10.5. The van der Waals surface area contributed by atoms with E-state index in [4.69, 9.17) is 5.73 Å². The van der Waals surface area contributed by atoms with E-state index in [1.54, 1.807) is 18.2 Å². The fourth-order valence-electron chi connectivity index (χ4n) is 2.47. The number of hydrogen-bond donors (Lipinski definition) is 1. The normalized spacial score (nSPS) is 15.7. The molecule has 0 radical (unpaired) electrons. The molecule has 6 heteroatoms. The van der Waals surface area contributed by atoms with E-state index in [0.717, 1.165) is 16.8 Å². The molecule has 0 amide bonds. The van der Waals surface area contributed by atoms with Crippen molar-refractivity contribution in [3.05, 3.63) is 53.2 Å². The molecule has 0 aliphatic carbocycles. The maximum atomic E-state index is 12.7. The summed E-state index contributed by atoms with van der Waals surface area (Å²) in [5.41, 5.74) is 8.52. The van der Waals surface area contributed by atoms with E-state index < -0.39 is 10.0 Å². The Morgan fingerprint density at radius 2 is 1.86 bits per heavy atom. The van der Waals surface area contributed by atoms with E-state index in [1.165, 1.54) is 4.31 Å². The van der Waals surface area contributed by atoms with Gasteiger partial charge in [0.15, 0.2) is 0 Å². The Kier molecular flexibility index (Phi) is 3.43. The van der Waals surface area contributed by atoms with E-state index in [2.05, 4.69) is 4.98 Å². The minimum absolute atomic E-state index is 0.333. The van der Waals surface area contributed by atoms with Crippen LogP contribution < -0.4 is 5.73 Å². The van der Waals surface area contributed by atoms with Gasteiger partial charge in [0.2, 0.25) is 10.0 Å². The van der Waals surface area contributed by atoms with Gasteiger partial charge in [-0.05, 0) is 30.7 Å². The number of sulfonamides is 1. The highest BCUT2D eigenvalue weighted by Gasteiger charge is 2.28. The molecule has 0 unspecified atom stereocenters. The van der Waals surface area contributed by atoms with Crippen molar-refractivity contribution in [3.8, 4) is 0 Å². The van der Waals surface area contributed by atoms with E-state index in [1.807, 2.05) is 25.1 Å². The lowest BCUT2D eigenvalue weighted by Gasteiger charge is -2.27. The first-order valence-electron chi connectivity index (χ1n) is 6.78. The van der Waals surface area contributed by atoms with Crippen LogP contribution in [-0.4, -0.2) is 24.3 Å².